The zero-order valence-electron chi connectivity index (χ0n) is 17.2. The van der Waals surface area contributed by atoms with Crippen molar-refractivity contribution in [1.29, 1.82) is 0 Å². The van der Waals surface area contributed by atoms with Gasteiger partial charge in [-0.3, -0.25) is 14.9 Å². The van der Waals surface area contributed by atoms with Crippen LogP contribution in [0.1, 0.15) is 12.5 Å². The number of amides is 2. The van der Waals surface area contributed by atoms with E-state index in [0.717, 1.165) is 5.56 Å². The monoisotopic (exact) mass is 423 g/mol. The lowest BCUT2D eigenvalue weighted by atomic mass is 10.2. The molecule has 0 saturated carbocycles. The SMILES string of the molecule is COc1ccc(-c2nc3n(n2)[C@@H](CC(=O)Nc2cc(OC)ccc2OC)C(=O)N3)cc1. The molecule has 10 nitrogen and oxygen atoms in total. The second-order valence-corrected chi connectivity index (χ2v) is 6.76. The van der Waals surface area contributed by atoms with Crippen molar-refractivity contribution in [3.63, 3.8) is 0 Å². The highest BCUT2D eigenvalue weighted by Crippen LogP contribution is 2.31. The largest absolute Gasteiger partial charge is 0.497 e. The van der Waals surface area contributed by atoms with Gasteiger partial charge in [-0.05, 0) is 36.4 Å². The first-order valence-corrected chi connectivity index (χ1v) is 9.46. The molecule has 2 aromatic carbocycles. The van der Waals surface area contributed by atoms with Gasteiger partial charge in [0, 0.05) is 11.6 Å². The van der Waals surface area contributed by atoms with Crippen molar-refractivity contribution in [2.45, 2.75) is 12.5 Å². The van der Waals surface area contributed by atoms with Crippen LogP contribution < -0.4 is 24.8 Å². The summed E-state index contributed by atoms with van der Waals surface area (Å²) in [5.41, 5.74) is 1.21. The zero-order chi connectivity index (χ0) is 22.0. The van der Waals surface area contributed by atoms with Crippen LogP contribution in [0.4, 0.5) is 11.6 Å². The molecule has 0 radical (unpaired) electrons. The van der Waals surface area contributed by atoms with Crippen LogP contribution in [-0.4, -0.2) is 47.9 Å². The van der Waals surface area contributed by atoms with Crippen LogP contribution in [0, 0.1) is 0 Å². The third-order valence-electron chi connectivity index (χ3n) is 4.87. The van der Waals surface area contributed by atoms with E-state index in [0.29, 0.717) is 34.7 Å². The van der Waals surface area contributed by atoms with Gasteiger partial charge in [-0.2, -0.15) is 4.98 Å². The third kappa shape index (κ3) is 4.00. The van der Waals surface area contributed by atoms with Gasteiger partial charge in [0.1, 0.15) is 23.3 Å². The van der Waals surface area contributed by atoms with Crippen LogP contribution >= 0.6 is 0 Å². The second-order valence-electron chi connectivity index (χ2n) is 6.76. The fourth-order valence-electron chi connectivity index (χ4n) is 3.26. The topological polar surface area (TPSA) is 117 Å². The van der Waals surface area contributed by atoms with E-state index in [9.17, 15) is 9.59 Å². The van der Waals surface area contributed by atoms with E-state index in [-0.39, 0.29) is 18.2 Å². The van der Waals surface area contributed by atoms with Gasteiger partial charge >= 0.3 is 0 Å². The van der Waals surface area contributed by atoms with Gasteiger partial charge in [0.25, 0.3) is 5.91 Å². The maximum Gasteiger partial charge on any atom is 0.252 e. The number of carbonyl (C=O) groups is 2. The number of hydrogen-bond donors (Lipinski definition) is 2. The van der Waals surface area contributed by atoms with Crippen molar-refractivity contribution in [1.82, 2.24) is 14.8 Å². The van der Waals surface area contributed by atoms with E-state index in [1.54, 1.807) is 37.4 Å². The molecule has 0 saturated heterocycles. The summed E-state index contributed by atoms with van der Waals surface area (Å²) in [4.78, 5) is 29.4. The Morgan fingerprint density at radius 1 is 1.06 bits per heavy atom. The number of hydrogen-bond acceptors (Lipinski definition) is 7. The van der Waals surface area contributed by atoms with Gasteiger partial charge < -0.3 is 19.5 Å². The highest BCUT2D eigenvalue weighted by Gasteiger charge is 2.35. The van der Waals surface area contributed by atoms with Crippen molar-refractivity contribution in [3.8, 4) is 28.6 Å². The number of rotatable bonds is 7. The molecule has 3 aromatic rings. The van der Waals surface area contributed by atoms with Gasteiger partial charge in [0.05, 0.1) is 33.4 Å². The lowest BCUT2D eigenvalue weighted by Crippen LogP contribution is -2.24. The van der Waals surface area contributed by atoms with Gasteiger partial charge in [0.2, 0.25) is 11.9 Å². The average molecular weight is 423 g/mol. The van der Waals surface area contributed by atoms with E-state index in [1.807, 2.05) is 12.1 Å². The summed E-state index contributed by atoms with van der Waals surface area (Å²) in [5.74, 6) is 1.78. The van der Waals surface area contributed by atoms with Crippen molar-refractivity contribution in [3.05, 3.63) is 42.5 Å². The minimum Gasteiger partial charge on any atom is -0.497 e. The van der Waals surface area contributed by atoms with Gasteiger partial charge in [0.15, 0.2) is 5.82 Å². The fourth-order valence-corrected chi connectivity index (χ4v) is 3.26. The van der Waals surface area contributed by atoms with Crippen LogP contribution in [0.25, 0.3) is 11.4 Å². The van der Waals surface area contributed by atoms with Crippen LogP contribution in [0.3, 0.4) is 0 Å². The van der Waals surface area contributed by atoms with Crippen LogP contribution in [0.5, 0.6) is 17.2 Å². The highest BCUT2D eigenvalue weighted by molar-refractivity contribution is 6.01. The fraction of sp³-hybridized carbons (Fsp3) is 0.238. The Morgan fingerprint density at radius 2 is 1.77 bits per heavy atom. The third-order valence-corrected chi connectivity index (χ3v) is 4.87. The molecule has 0 spiro atoms. The van der Waals surface area contributed by atoms with Crippen LogP contribution in [0.15, 0.2) is 42.5 Å². The Balaban J connectivity index is 1.52. The average Bonchev–Trinajstić information content (AvgIpc) is 3.32. The van der Waals surface area contributed by atoms with Crippen LogP contribution in [0.2, 0.25) is 0 Å². The number of anilines is 2. The molecule has 10 heteroatoms. The predicted molar refractivity (Wildman–Crippen MR) is 112 cm³/mol. The molecule has 2 N–H and O–H groups in total. The van der Waals surface area contributed by atoms with Gasteiger partial charge in [-0.25, -0.2) is 4.68 Å². The zero-order valence-corrected chi connectivity index (χ0v) is 17.2. The maximum absolute atomic E-state index is 12.7. The molecule has 1 atom stereocenters. The van der Waals surface area contributed by atoms with E-state index in [4.69, 9.17) is 14.2 Å². The molecule has 0 unspecified atom stereocenters. The van der Waals surface area contributed by atoms with E-state index >= 15 is 0 Å². The Hall–Kier alpha value is -4.08. The molecule has 2 heterocycles. The van der Waals surface area contributed by atoms with Crippen molar-refractivity contribution < 1.29 is 23.8 Å². The molecule has 2 amide bonds. The lowest BCUT2D eigenvalue weighted by molar-refractivity contribution is -0.123. The summed E-state index contributed by atoms with van der Waals surface area (Å²) in [7, 11) is 4.62. The first-order chi connectivity index (χ1) is 15.0. The normalized spacial score (nSPS) is 14.5. The number of nitrogens with one attached hydrogen (secondary N) is 2. The second kappa shape index (κ2) is 8.34. The molecular formula is C21H21N5O5. The number of nitrogens with zero attached hydrogens (tertiary/aromatic N) is 3. The number of ether oxygens (including phenoxy) is 3. The molecule has 160 valence electrons. The van der Waals surface area contributed by atoms with Crippen molar-refractivity contribution in [2.24, 2.45) is 0 Å². The first kappa shape index (κ1) is 20.2. The molecule has 1 aliphatic rings. The number of aromatic nitrogens is 3. The minimum atomic E-state index is -0.814. The number of fused-ring (bicyclic) bond motifs is 1. The molecule has 0 fully saturated rings. The Labute approximate surface area is 178 Å². The lowest BCUT2D eigenvalue weighted by Gasteiger charge is -2.13. The molecule has 31 heavy (non-hydrogen) atoms. The summed E-state index contributed by atoms with van der Waals surface area (Å²) in [6, 6.07) is 11.5. The minimum absolute atomic E-state index is 0.120. The molecule has 1 aliphatic heterocycles. The van der Waals surface area contributed by atoms with Crippen molar-refractivity contribution in [2.75, 3.05) is 32.0 Å². The molecule has 4 rings (SSSR count). The number of benzene rings is 2. The summed E-state index contributed by atoms with van der Waals surface area (Å²) in [6.07, 6.45) is -0.120. The Bertz CT molecular complexity index is 1130. The van der Waals surface area contributed by atoms with Gasteiger partial charge in [-0.15, -0.1) is 5.10 Å². The highest BCUT2D eigenvalue weighted by atomic mass is 16.5. The Morgan fingerprint density at radius 3 is 2.45 bits per heavy atom. The Kier molecular flexibility index (Phi) is 5.44. The van der Waals surface area contributed by atoms with E-state index < -0.39 is 6.04 Å². The number of methoxy groups -OCH3 is 3. The van der Waals surface area contributed by atoms with Gasteiger partial charge in [-0.1, -0.05) is 0 Å². The summed E-state index contributed by atoms with van der Waals surface area (Å²) in [6.45, 7) is 0. The molecule has 0 bridgehead atoms. The summed E-state index contributed by atoms with van der Waals surface area (Å²) < 4.78 is 17.1. The van der Waals surface area contributed by atoms with Crippen LogP contribution in [-0.2, 0) is 9.59 Å². The predicted octanol–water partition coefficient (Wildman–Crippen LogP) is 2.49. The summed E-state index contributed by atoms with van der Waals surface area (Å²) in [5, 5.41) is 9.86. The van der Waals surface area contributed by atoms with E-state index in [2.05, 4.69) is 20.7 Å². The molecule has 1 aromatic heterocycles. The summed E-state index contributed by atoms with van der Waals surface area (Å²) >= 11 is 0. The number of carbonyl (C=O) groups excluding carboxylic acids is 2. The first-order valence-electron chi connectivity index (χ1n) is 9.46. The maximum atomic E-state index is 12.7. The van der Waals surface area contributed by atoms with E-state index in [1.165, 1.54) is 18.9 Å². The van der Waals surface area contributed by atoms with Crippen molar-refractivity contribution >= 4 is 23.5 Å². The standard InChI is InChI=1S/C21H21N5O5/c1-29-13-6-4-12(5-7-13)19-23-21-24-20(28)16(26(21)25-19)11-18(27)22-15-10-14(30-2)8-9-17(15)31-3/h4-10,16H,11H2,1-3H3,(H,22,27)(H,23,24,25,28)/t16-/m0/s1. The quantitative estimate of drug-likeness (QED) is 0.600. The smallest absolute Gasteiger partial charge is 0.252 e. The molecule has 0 aliphatic carbocycles. The molecular weight excluding hydrogens is 402 g/mol.